The highest BCUT2D eigenvalue weighted by atomic mass is 79.9. The molecular weight excluding hydrogens is 330 g/mol. The van der Waals surface area contributed by atoms with Crippen molar-refractivity contribution in [2.45, 2.75) is 18.6 Å². The molecule has 0 bridgehead atoms. The molecule has 21 heavy (non-hydrogen) atoms. The first-order chi connectivity index (χ1) is 10.1. The maximum Gasteiger partial charge on any atom is 0.114 e. The second kappa shape index (κ2) is 7.71. The molecule has 0 unspecified atom stereocenters. The lowest BCUT2D eigenvalue weighted by molar-refractivity contribution is -0.0602. The monoisotopic (exact) mass is 349 g/mol. The first-order valence-electron chi connectivity index (χ1n) is 6.94. The summed E-state index contributed by atoms with van der Waals surface area (Å²) >= 11 is 3.43. The molecule has 3 nitrogen and oxygen atoms in total. The average Bonchev–Trinajstić information content (AvgIpc) is 2.48. The van der Waals surface area contributed by atoms with Crippen molar-refractivity contribution in [2.75, 3.05) is 13.2 Å². The molecule has 4 heteroatoms. The molecular formula is C17H20BrNO2. The van der Waals surface area contributed by atoms with E-state index in [2.05, 4.69) is 15.9 Å². The van der Waals surface area contributed by atoms with Crippen LogP contribution in [0.4, 0.5) is 0 Å². The fourth-order valence-electron chi connectivity index (χ4n) is 2.25. The Morgan fingerprint density at radius 2 is 1.86 bits per heavy atom. The first kappa shape index (κ1) is 16.2. The number of aliphatic hydroxyl groups is 1. The van der Waals surface area contributed by atoms with Gasteiger partial charge in [0.2, 0.25) is 0 Å². The van der Waals surface area contributed by atoms with Gasteiger partial charge in [0.25, 0.3) is 0 Å². The third-order valence-corrected chi connectivity index (χ3v) is 3.86. The lowest BCUT2D eigenvalue weighted by Gasteiger charge is -2.28. The van der Waals surface area contributed by atoms with Crippen molar-refractivity contribution in [3.8, 4) is 0 Å². The van der Waals surface area contributed by atoms with Gasteiger partial charge in [-0.1, -0.05) is 58.4 Å². The molecule has 0 aromatic heterocycles. The predicted molar refractivity (Wildman–Crippen MR) is 87.8 cm³/mol. The molecule has 2 aromatic rings. The van der Waals surface area contributed by atoms with Gasteiger partial charge in [0.05, 0.1) is 13.2 Å². The van der Waals surface area contributed by atoms with E-state index < -0.39 is 5.60 Å². The zero-order valence-electron chi connectivity index (χ0n) is 11.8. The number of benzene rings is 2. The van der Waals surface area contributed by atoms with Gasteiger partial charge in [-0.25, -0.2) is 0 Å². The molecule has 0 aliphatic heterocycles. The highest BCUT2D eigenvalue weighted by molar-refractivity contribution is 9.10. The third-order valence-electron chi connectivity index (χ3n) is 3.37. The summed E-state index contributed by atoms with van der Waals surface area (Å²) in [6.45, 7) is 1.09. The molecule has 0 aliphatic rings. The van der Waals surface area contributed by atoms with E-state index >= 15 is 0 Å². The van der Waals surface area contributed by atoms with Crippen LogP contribution >= 0.6 is 15.9 Å². The number of rotatable bonds is 7. The Morgan fingerprint density at radius 1 is 1.10 bits per heavy atom. The van der Waals surface area contributed by atoms with Crippen molar-refractivity contribution in [3.05, 3.63) is 70.2 Å². The zero-order chi connectivity index (χ0) is 15.1. The van der Waals surface area contributed by atoms with Crippen molar-refractivity contribution >= 4 is 15.9 Å². The Balaban J connectivity index is 2.00. The Hall–Kier alpha value is -1.20. The van der Waals surface area contributed by atoms with Crippen LogP contribution in [0, 0.1) is 0 Å². The van der Waals surface area contributed by atoms with Gasteiger partial charge in [0.1, 0.15) is 5.60 Å². The molecule has 0 heterocycles. The van der Waals surface area contributed by atoms with Crippen LogP contribution in [0.3, 0.4) is 0 Å². The zero-order valence-corrected chi connectivity index (χ0v) is 13.4. The maximum absolute atomic E-state index is 10.8. The van der Waals surface area contributed by atoms with Gasteiger partial charge in [-0.15, -0.1) is 0 Å². The largest absolute Gasteiger partial charge is 0.383 e. The van der Waals surface area contributed by atoms with E-state index in [1.165, 1.54) is 0 Å². The highest BCUT2D eigenvalue weighted by Gasteiger charge is 2.28. The molecule has 1 atom stereocenters. The Morgan fingerprint density at radius 3 is 2.52 bits per heavy atom. The molecule has 0 saturated heterocycles. The van der Waals surface area contributed by atoms with Gasteiger partial charge in [-0.2, -0.15) is 0 Å². The summed E-state index contributed by atoms with van der Waals surface area (Å²) in [5.74, 6) is 0. The van der Waals surface area contributed by atoms with Gasteiger partial charge in [0, 0.05) is 4.47 Å². The molecule has 2 rings (SSSR count). The quantitative estimate of drug-likeness (QED) is 0.806. The number of nitrogens with two attached hydrogens (primary N) is 1. The van der Waals surface area contributed by atoms with Crippen LogP contribution in [-0.4, -0.2) is 18.3 Å². The standard InChI is InChI=1S/C17H20BrNO2/c18-16-8-4-5-14(11-16)12-21-13-17(20,9-10-19)15-6-2-1-3-7-15/h1-8,11,20H,9-10,12-13,19H2/t17-/m1/s1. The Kier molecular flexibility index (Phi) is 5.94. The summed E-state index contributed by atoms with van der Waals surface area (Å²) in [6.07, 6.45) is 0.468. The highest BCUT2D eigenvalue weighted by Crippen LogP contribution is 2.25. The van der Waals surface area contributed by atoms with E-state index in [1.807, 2.05) is 54.6 Å². The van der Waals surface area contributed by atoms with Crippen molar-refractivity contribution in [1.82, 2.24) is 0 Å². The molecule has 0 fully saturated rings. The van der Waals surface area contributed by atoms with Gasteiger partial charge in [-0.05, 0) is 36.2 Å². The van der Waals surface area contributed by atoms with Crippen LogP contribution in [0.15, 0.2) is 59.1 Å². The summed E-state index contributed by atoms with van der Waals surface area (Å²) in [7, 11) is 0. The molecule has 2 aromatic carbocycles. The van der Waals surface area contributed by atoms with Crippen LogP contribution in [0.25, 0.3) is 0 Å². The van der Waals surface area contributed by atoms with E-state index in [1.54, 1.807) is 0 Å². The summed E-state index contributed by atoms with van der Waals surface area (Å²) in [4.78, 5) is 0. The fraction of sp³-hybridized carbons (Fsp3) is 0.294. The molecule has 0 saturated carbocycles. The molecule has 0 spiro atoms. The molecule has 0 aliphatic carbocycles. The van der Waals surface area contributed by atoms with Crippen LogP contribution in [-0.2, 0) is 16.9 Å². The summed E-state index contributed by atoms with van der Waals surface area (Å²) in [6, 6.07) is 17.5. The van der Waals surface area contributed by atoms with Crippen molar-refractivity contribution in [2.24, 2.45) is 5.73 Å². The minimum atomic E-state index is -1.04. The molecule has 112 valence electrons. The van der Waals surface area contributed by atoms with Gasteiger partial charge in [0.15, 0.2) is 0 Å². The van der Waals surface area contributed by atoms with Gasteiger partial charge in [-0.3, -0.25) is 0 Å². The second-order valence-electron chi connectivity index (χ2n) is 5.06. The van der Waals surface area contributed by atoms with E-state index in [0.29, 0.717) is 19.6 Å². The minimum Gasteiger partial charge on any atom is -0.383 e. The van der Waals surface area contributed by atoms with Crippen molar-refractivity contribution < 1.29 is 9.84 Å². The van der Waals surface area contributed by atoms with Crippen molar-refractivity contribution in [1.29, 1.82) is 0 Å². The molecule has 0 radical (unpaired) electrons. The second-order valence-corrected chi connectivity index (χ2v) is 5.97. The lowest BCUT2D eigenvalue weighted by atomic mass is 9.91. The summed E-state index contributed by atoms with van der Waals surface area (Å²) in [5, 5.41) is 10.8. The summed E-state index contributed by atoms with van der Waals surface area (Å²) in [5.41, 5.74) is 6.49. The summed E-state index contributed by atoms with van der Waals surface area (Å²) < 4.78 is 6.74. The Bertz CT molecular complexity index is 562. The lowest BCUT2D eigenvalue weighted by Crippen LogP contribution is -2.34. The van der Waals surface area contributed by atoms with Crippen molar-refractivity contribution in [3.63, 3.8) is 0 Å². The third kappa shape index (κ3) is 4.64. The predicted octanol–water partition coefficient (Wildman–Crippen LogP) is 3.20. The fourth-order valence-corrected chi connectivity index (χ4v) is 2.70. The van der Waals surface area contributed by atoms with Crippen LogP contribution in [0.5, 0.6) is 0 Å². The molecule has 0 amide bonds. The molecule has 3 N–H and O–H groups in total. The van der Waals surface area contributed by atoms with Crippen LogP contribution < -0.4 is 5.73 Å². The van der Waals surface area contributed by atoms with E-state index in [4.69, 9.17) is 10.5 Å². The Labute approximate surface area is 133 Å². The maximum atomic E-state index is 10.8. The number of hydrogen-bond acceptors (Lipinski definition) is 3. The van der Waals surface area contributed by atoms with Crippen LogP contribution in [0.2, 0.25) is 0 Å². The number of halogens is 1. The topological polar surface area (TPSA) is 55.5 Å². The van der Waals surface area contributed by atoms with Crippen LogP contribution in [0.1, 0.15) is 17.5 Å². The van der Waals surface area contributed by atoms with E-state index in [0.717, 1.165) is 15.6 Å². The smallest absolute Gasteiger partial charge is 0.114 e. The average molecular weight is 350 g/mol. The minimum absolute atomic E-state index is 0.223. The van der Waals surface area contributed by atoms with Gasteiger partial charge < -0.3 is 15.6 Å². The van der Waals surface area contributed by atoms with Gasteiger partial charge >= 0.3 is 0 Å². The SMILES string of the molecule is NCC[C@@](O)(COCc1cccc(Br)c1)c1ccccc1. The normalized spacial score (nSPS) is 13.9. The van der Waals surface area contributed by atoms with E-state index in [-0.39, 0.29) is 6.61 Å². The first-order valence-corrected chi connectivity index (χ1v) is 7.73. The number of hydrogen-bond donors (Lipinski definition) is 2. The van der Waals surface area contributed by atoms with E-state index in [9.17, 15) is 5.11 Å². The number of ether oxygens (including phenoxy) is 1.